The molecule has 0 aliphatic heterocycles. The number of para-hydroxylation sites is 1. The Bertz CT molecular complexity index is 1140. The summed E-state index contributed by atoms with van der Waals surface area (Å²) in [6, 6.07) is 18.8. The minimum absolute atomic E-state index is 0.897. The minimum atomic E-state index is 0.897. The second-order valence-corrected chi connectivity index (χ2v) is 6.74. The van der Waals surface area contributed by atoms with E-state index in [1.165, 1.54) is 11.1 Å². The van der Waals surface area contributed by atoms with E-state index in [1.54, 1.807) is 0 Å². The number of fused-ring (bicyclic) bond motifs is 3. The van der Waals surface area contributed by atoms with E-state index in [0.29, 0.717) is 0 Å². The molecule has 2 heterocycles. The molecule has 3 nitrogen and oxygen atoms in total. The van der Waals surface area contributed by atoms with Gasteiger partial charge >= 0.3 is 0 Å². The zero-order valence-corrected chi connectivity index (χ0v) is 16.0. The van der Waals surface area contributed by atoms with Gasteiger partial charge in [0, 0.05) is 17.0 Å². The van der Waals surface area contributed by atoms with Gasteiger partial charge in [0.15, 0.2) is 0 Å². The Labute approximate surface area is 159 Å². The zero-order valence-electron chi connectivity index (χ0n) is 16.0. The first kappa shape index (κ1) is 17.3. The summed E-state index contributed by atoms with van der Waals surface area (Å²) < 4.78 is 0. The molecule has 0 aliphatic rings. The number of pyridine rings is 2. The van der Waals surface area contributed by atoms with Gasteiger partial charge in [0.1, 0.15) is 0 Å². The summed E-state index contributed by atoms with van der Waals surface area (Å²) in [5, 5.41) is 2.20. The lowest BCUT2D eigenvalue weighted by Crippen LogP contribution is -2.00. The van der Waals surface area contributed by atoms with Crippen molar-refractivity contribution in [3.63, 3.8) is 0 Å². The van der Waals surface area contributed by atoms with Crippen LogP contribution in [-0.4, -0.2) is 15.7 Å². The Kier molecular flexibility index (Phi) is 4.68. The standard InChI is InChI=1S/C24H23N3/c1-4-17-8-6-9-18(5-2)22(17)26-16(3)21-14-13-20-12-11-19-10-7-15-25-23(19)24(20)27-21/h6-15H,4-5H2,1-3H3. The molecular weight excluding hydrogens is 330 g/mol. The predicted octanol–water partition coefficient (Wildman–Crippen LogP) is 6.05. The normalized spacial score (nSPS) is 12.0. The van der Waals surface area contributed by atoms with Gasteiger partial charge in [-0.2, -0.15) is 0 Å². The van der Waals surface area contributed by atoms with Crippen molar-refractivity contribution in [2.24, 2.45) is 4.99 Å². The molecule has 3 heteroatoms. The van der Waals surface area contributed by atoms with Crippen LogP contribution in [0.1, 0.15) is 37.6 Å². The van der Waals surface area contributed by atoms with Crippen molar-refractivity contribution < 1.29 is 0 Å². The number of nitrogens with zero attached hydrogens (tertiary/aromatic N) is 3. The third-order valence-electron chi connectivity index (χ3n) is 5.05. The maximum Gasteiger partial charge on any atom is 0.0972 e. The topological polar surface area (TPSA) is 38.1 Å². The summed E-state index contributed by atoms with van der Waals surface area (Å²) >= 11 is 0. The van der Waals surface area contributed by atoms with Crippen molar-refractivity contribution in [2.45, 2.75) is 33.6 Å². The van der Waals surface area contributed by atoms with Gasteiger partial charge in [-0.15, -0.1) is 0 Å². The van der Waals surface area contributed by atoms with Crippen LogP contribution in [0.4, 0.5) is 5.69 Å². The Morgan fingerprint density at radius 1 is 0.815 bits per heavy atom. The van der Waals surface area contributed by atoms with Crippen LogP contribution in [0.5, 0.6) is 0 Å². The first-order chi connectivity index (χ1) is 13.2. The number of benzene rings is 2. The van der Waals surface area contributed by atoms with E-state index in [4.69, 9.17) is 9.98 Å². The predicted molar refractivity (Wildman–Crippen MR) is 114 cm³/mol. The average Bonchev–Trinajstić information content (AvgIpc) is 2.73. The van der Waals surface area contributed by atoms with E-state index in [0.717, 1.165) is 51.7 Å². The highest BCUT2D eigenvalue weighted by molar-refractivity contribution is 6.06. The molecule has 134 valence electrons. The largest absolute Gasteiger partial charge is 0.254 e. The van der Waals surface area contributed by atoms with Crippen LogP contribution in [0.3, 0.4) is 0 Å². The van der Waals surface area contributed by atoms with Gasteiger partial charge in [-0.1, -0.05) is 56.3 Å². The van der Waals surface area contributed by atoms with E-state index < -0.39 is 0 Å². The summed E-state index contributed by atoms with van der Waals surface area (Å²) in [7, 11) is 0. The van der Waals surface area contributed by atoms with Gasteiger partial charge in [0.2, 0.25) is 0 Å². The molecule has 4 aromatic rings. The summed E-state index contributed by atoms with van der Waals surface area (Å²) in [5.41, 5.74) is 7.35. The number of aromatic nitrogens is 2. The molecule has 0 saturated carbocycles. The summed E-state index contributed by atoms with van der Waals surface area (Å²) in [5.74, 6) is 0. The fourth-order valence-electron chi connectivity index (χ4n) is 3.51. The Balaban J connectivity index is 1.87. The van der Waals surface area contributed by atoms with Crippen LogP contribution in [0, 0.1) is 0 Å². The smallest absolute Gasteiger partial charge is 0.0972 e. The summed E-state index contributed by atoms with van der Waals surface area (Å²) in [4.78, 5) is 14.5. The quantitative estimate of drug-likeness (QED) is 0.331. The molecule has 0 unspecified atom stereocenters. The van der Waals surface area contributed by atoms with Crippen LogP contribution in [0.25, 0.3) is 21.8 Å². The lowest BCUT2D eigenvalue weighted by molar-refractivity contribution is 1.08. The Hall–Kier alpha value is -3.07. The van der Waals surface area contributed by atoms with E-state index in [2.05, 4.69) is 67.4 Å². The molecule has 0 N–H and O–H groups in total. The fourth-order valence-corrected chi connectivity index (χ4v) is 3.51. The Morgan fingerprint density at radius 3 is 2.19 bits per heavy atom. The summed E-state index contributed by atoms with van der Waals surface area (Å²) in [6.07, 6.45) is 3.77. The average molecular weight is 353 g/mol. The fraction of sp³-hybridized carbons (Fsp3) is 0.208. The molecule has 0 aliphatic carbocycles. The molecule has 2 aromatic carbocycles. The van der Waals surface area contributed by atoms with Crippen molar-refractivity contribution in [1.82, 2.24) is 9.97 Å². The van der Waals surface area contributed by atoms with Crippen molar-refractivity contribution >= 4 is 33.2 Å². The van der Waals surface area contributed by atoms with Gasteiger partial charge in [0.05, 0.1) is 28.1 Å². The van der Waals surface area contributed by atoms with E-state index in [-0.39, 0.29) is 0 Å². The van der Waals surface area contributed by atoms with E-state index >= 15 is 0 Å². The lowest BCUT2D eigenvalue weighted by Gasteiger charge is -2.10. The van der Waals surface area contributed by atoms with Gasteiger partial charge in [0.25, 0.3) is 0 Å². The van der Waals surface area contributed by atoms with Crippen molar-refractivity contribution in [3.05, 3.63) is 77.6 Å². The molecule has 27 heavy (non-hydrogen) atoms. The van der Waals surface area contributed by atoms with Crippen LogP contribution in [0.15, 0.2) is 65.8 Å². The minimum Gasteiger partial charge on any atom is -0.254 e. The molecular formula is C24H23N3. The molecule has 0 spiro atoms. The maximum atomic E-state index is 4.99. The molecule has 0 amide bonds. The van der Waals surface area contributed by atoms with Gasteiger partial charge in [-0.3, -0.25) is 9.98 Å². The van der Waals surface area contributed by atoms with Gasteiger partial charge in [-0.25, -0.2) is 4.98 Å². The van der Waals surface area contributed by atoms with Crippen LogP contribution in [-0.2, 0) is 12.8 Å². The highest BCUT2D eigenvalue weighted by atomic mass is 14.8. The van der Waals surface area contributed by atoms with Crippen molar-refractivity contribution in [3.8, 4) is 0 Å². The first-order valence-electron chi connectivity index (χ1n) is 9.52. The van der Waals surface area contributed by atoms with Crippen LogP contribution in [0.2, 0.25) is 0 Å². The Morgan fingerprint density at radius 2 is 1.48 bits per heavy atom. The molecule has 0 atom stereocenters. The third-order valence-corrected chi connectivity index (χ3v) is 5.05. The van der Waals surface area contributed by atoms with E-state index in [1.807, 2.05) is 19.2 Å². The van der Waals surface area contributed by atoms with E-state index in [9.17, 15) is 0 Å². The van der Waals surface area contributed by atoms with Crippen LogP contribution < -0.4 is 0 Å². The lowest BCUT2D eigenvalue weighted by atomic mass is 10.0. The zero-order chi connectivity index (χ0) is 18.8. The number of hydrogen-bond acceptors (Lipinski definition) is 3. The number of aliphatic imine (C=N–C) groups is 1. The maximum absolute atomic E-state index is 4.99. The third kappa shape index (κ3) is 3.21. The number of aryl methyl sites for hydroxylation is 2. The molecule has 0 fully saturated rings. The second kappa shape index (κ2) is 7.28. The van der Waals surface area contributed by atoms with Crippen molar-refractivity contribution in [1.29, 1.82) is 0 Å². The SMILES string of the molecule is CCc1cccc(CC)c1N=C(C)c1ccc2ccc3cccnc3c2n1. The molecule has 0 radical (unpaired) electrons. The van der Waals surface area contributed by atoms with Gasteiger partial charge < -0.3 is 0 Å². The number of hydrogen-bond donors (Lipinski definition) is 0. The molecule has 4 rings (SSSR count). The van der Waals surface area contributed by atoms with Crippen molar-refractivity contribution in [2.75, 3.05) is 0 Å². The highest BCUT2D eigenvalue weighted by Crippen LogP contribution is 2.27. The molecule has 0 saturated heterocycles. The molecule has 2 aromatic heterocycles. The van der Waals surface area contributed by atoms with Crippen LogP contribution >= 0.6 is 0 Å². The first-order valence-corrected chi connectivity index (χ1v) is 9.52. The highest BCUT2D eigenvalue weighted by Gasteiger charge is 2.09. The number of rotatable bonds is 4. The second-order valence-electron chi connectivity index (χ2n) is 6.74. The summed E-state index contributed by atoms with van der Waals surface area (Å²) in [6.45, 7) is 6.39. The molecule has 0 bridgehead atoms. The van der Waals surface area contributed by atoms with Gasteiger partial charge in [-0.05, 0) is 43.0 Å². The monoisotopic (exact) mass is 353 g/mol.